The molecule has 2 aromatic carbocycles. The summed E-state index contributed by atoms with van der Waals surface area (Å²) < 4.78 is 28.3. The minimum absolute atomic E-state index is 0.219. The summed E-state index contributed by atoms with van der Waals surface area (Å²) in [5.74, 6) is 0. The third kappa shape index (κ3) is 3.34. The molecule has 0 fully saturated rings. The van der Waals surface area contributed by atoms with Gasteiger partial charge in [-0.3, -0.25) is 4.72 Å². The highest BCUT2D eigenvalue weighted by molar-refractivity contribution is 9.10. The Bertz CT molecular complexity index is 671. The van der Waals surface area contributed by atoms with Gasteiger partial charge in [-0.15, -0.1) is 0 Å². The van der Waals surface area contributed by atoms with Gasteiger partial charge in [0.25, 0.3) is 10.0 Å². The summed E-state index contributed by atoms with van der Waals surface area (Å²) in [6.45, 7) is 0. The number of sulfonamides is 1. The van der Waals surface area contributed by atoms with Crippen LogP contribution in [-0.4, -0.2) is 8.42 Å². The number of halogens is 2. The van der Waals surface area contributed by atoms with E-state index in [0.29, 0.717) is 5.69 Å². The molecule has 94 valence electrons. The van der Waals surface area contributed by atoms with Crippen molar-refractivity contribution in [3.63, 3.8) is 0 Å². The first-order valence-electron chi connectivity index (χ1n) is 5.01. The van der Waals surface area contributed by atoms with Crippen LogP contribution in [-0.2, 0) is 10.0 Å². The summed E-state index contributed by atoms with van der Waals surface area (Å²) in [7, 11) is -3.55. The van der Waals surface area contributed by atoms with Gasteiger partial charge in [0.1, 0.15) is 0 Å². The van der Waals surface area contributed by atoms with E-state index < -0.39 is 10.0 Å². The molecule has 0 aliphatic rings. The second-order valence-corrected chi connectivity index (χ2v) is 7.09. The molecule has 18 heavy (non-hydrogen) atoms. The maximum atomic E-state index is 12.1. The first-order valence-corrected chi connectivity index (χ1v) is 8.08. The van der Waals surface area contributed by atoms with E-state index >= 15 is 0 Å². The minimum atomic E-state index is -3.55. The third-order valence-electron chi connectivity index (χ3n) is 2.18. The van der Waals surface area contributed by atoms with Crippen molar-refractivity contribution in [2.45, 2.75) is 4.90 Å². The van der Waals surface area contributed by atoms with E-state index in [1.54, 1.807) is 42.5 Å². The van der Waals surface area contributed by atoms with Gasteiger partial charge in [-0.25, -0.2) is 8.42 Å². The van der Waals surface area contributed by atoms with Gasteiger partial charge in [-0.05, 0) is 36.4 Å². The van der Waals surface area contributed by atoms with Gasteiger partial charge in [0.2, 0.25) is 0 Å². The van der Waals surface area contributed by atoms with Crippen LogP contribution in [0.25, 0.3) is 0 Å². The van der Waals surface area contributed by atoms with Crippen LogP contribution >= 0.6 is 31.9 Å². The predicted octanol–water partition coefficient (Wildman–Crippen LogP) is 4.01. The quantitative estimate of drug-likeness (QED) is 0.860. The smallest absolute Gasteiger partial charge is 0.261 e. The lowest BCUT2D eigenvalue weighted by Gasteiger charge is -2.08. The average Bonchev–Trinajstić information content (AvgIpc) is 2.28. The third-order valence-corrected chi connectivity index (χ3v) is 4.55. The molecule has 1 N–H and O–H groups in total. The van der Waals surface area contributed by atoms with Crippen LogP contribution in [0.1, 0.15) is 0 Å². The summed E-state index contributed by atoms with van der Waals surface area (Å²) >= 11 is 6.55. The summed E-state index contributed by atoms with van der Waals surface area (Å²) in [4.78, 5) is 0.219. The van der Waals surface area contributed by atoms with Crippen molar-refractivity contribution >= 4 is 47.6 Å². The molecule has 0 aliphatic carbocycles. The Morgan fingerprint density at radius 1 is 0.889 bits per heavy atom. The van der Waals surface area contributed by atoms with Gasteiger partial charge < -0.3 is 0 Å². The molecule has 0 radical (unpaired) electrons. The van der Waals surface area contributed by atoms with Gasteiger partial charge in [0.15, 0.2) is 0 Å². The minimum Gasteiger partial charge on any atom is -0.280 e. The number of nitrogens with one attached hydrogen (secondary N) is 1. The van der Waals surface area contributed by atoms with E-state index in [4.69, 9.17) is 0 Å². The zero-order valence-electron chi connectivity index (χ0n) is 9.10. The number of rotatable bonds is 3. The molecule has 0 aliphatic heterocycles. The van der Waals surface area contributed by atoms with Gasteiger partial charge >= 0.3 is 0 Å². The normalized spacial score (nSPS) is 11.2. The Morgan fingerprint density at radius 3 is 2.11 bits per heavy atom. The summed E-state index contributed by atoms with van der Waals surface area (Å²) in [6, 6.07) is 13.6. The molecule has 0 heterocycles. The second-order valence-electron chi connectivity index (χ2n) is 3.57. The number of hydrogen-bond donors (Lipinski definition) is 1. The Kier molecular flexibility index (Phi) is 4.09. The Labute approximate surface area is 123 Å². The van der Waals surface area contributed by atoms with E-state index in [-0.39, 0.29) is 4.90 Å². The van der Waals surface area contributed by atoms with E-state index in [1.165, 1.54) is 0 Å². The van der Waals surface area contributed by atoms with Crippen LogP contribution in [0.15, 0.2) is 62.4 Å². The van der Waals surface area contributed by atoms with E-state index in [0.717, 1.165) is 8.95 Å². The summed E-state index contributed by atoms with van der Waals surface area (Å²) in [5, 5.41) is 0. The van der Waals surface area contributed by atoms with Crippen molar-refractivity contribution in [2.24, 2.45) is 0 Å². The molecule has 0 saturated heterocycles. The molecule has 0 atom stereocenters. The fraction of sp³-hybridized carbons (Fsp3) is 0. The van der Waals surface area contributed by atoms with Gasteiger partial charge in [-0.1, -0.05) is 44.0 Å². The Balaban J connectivity index is 2.33. The molecule has 0 amide bonds. The molecule has 3 nitrogen and oxygen atoms in total. The lowest BCUT2D eigenvalue weighted by atomic mass is 10.3. The van der Waals surface area contributed by atoms with Crippen LogP contribution in [0.5, 0.6) is 0 Å². The largest absolute Gasteiger partial charge is 0.280 e. The Morgan fingerprint density at radius 2 is 1.50 bits per heavy atom. The highest BCUT2D eigenvalue weighted by atomic mass is 79.9. The van der Waals surface area contributed by atoms with Crippen molar-refractivity contribution in [3.05, 3.63) is 57.5 Å². The predicted molar refractivity (Wildman–Crippen MR) is 79.1 cm³/mol. The lowest BCUT2D eigenvalue weighted by Crippen LogP contribution is -2.12. The number of benzene rings is 2. The zero-order chi connectivity index (χ0) is 13.2. The summed E-state index contributed by atoms with van der Waals surface area (Å²) in [6.07, 6.45) is 0. The van der Waals surface area contributed by atoms with Crippen molar-refractivity contribution in [2.75, 3.05) is 4.72 Å². The van der Waals surface area contributed by atoms with Gasteiger partial charge in [0.05, 0.1) is 4.90 Å². The van der Waals surface area contributed by atoms with Crippen LogP contribution in [0.3, 0.4) is 0 Å². The zero-order valence-corrected chi connectivity index (χ0v) is 13.1. The molecular formula is C12H9Br2NO2S. The fourth-order valence-electron chi connectivity index (χ4n) is 1.40. The van der Waals surface area contributed by atoms with E-state index in [9.17, 15) is 8.42 Å². The molecule has 0 aromatic heterocycles. The molecule has 2 rings (SSSR count). The van der Waals surface area contributed by atoms with Gasteiger partial charge in [-0.2, -0.15) is 0 Å². The molecule has 0 bridgehead atoms. The Hall–Kier alpha value is -0.850. The number of hydrogen-bond acceptors (Lipinski definition) is 2. The first kappa shape index (κ1) is 13.6. The van der Waals surface area contributed by atoms with Crippen molar-refractivity contribution in [1.82, 2.24) is 0 Å². The highest BCUT2D eigenvalue weighted by Crippen LogP contribution is 2.21. The first-order chi connectivity index (χ1) is 8.47. The summed E-state index contributed by atoms with van der Waals surface area (Å²) in [5.41, 5.74) is 0.518. The van der Waals surface area contributed by atoms with Crippen LogP contribution in [0.2, 0.25) is 0 Å². The van der Waals surface area contributed by atoms with Crippen LogP contribution < -0.4 is 4.72 Å². The van der Waals surface area contributed by atoms with E-state index in [2.05, 4.69) is 36.6 Å². The molecule has 0 saturated carbocycles. The topological polar surface area (TPSA) is 46.2 Å². The maximum absolute atomic E-state index is 12.1. The molecule has 6 heteroatoms. The van der Waals surface area contributed by atoms with Crippen molar-refractivity contribution in [1.29, 1.82) is 0 Å². The van der Waals surface area contributed by atoms with Gasteiger partial charge in [0, 0.05) is 14.6 Å². The monoisotopic (exact) mass is 389 g/mol. The molecular weight excluding hydrogens is 382 g/mol. The standard InChI is InChI=1S/C12H9Br2NO2S/c13-9-3-1-5-11(7-9)15-18(16,17)12-6-2-4-10(14)8-12/h1-8,15H. The molecule has 0 spiro atoms. The second kappa shape index (κ2) is 5.42. The highest BCUT2D eigenvalue weighted by Gasteiger charge is 2.14. The average molecular weight is 391 g/mol. The molecule has 0 unspecified atom stereocenters. The molecule has 2 aromatic rings. The van der Waals surface area contributed by atoms with Crippen molar-refractivity contribution < 1.29 is 8.42 Å². The fourth-order valence-corrected chi connectivity index (χ4v) is 3.45. The maximum Gasteiger partial charge on any atom is 0.261 e. The van der Waals surface area contributed by atoms with Crippen molar-refractivity contribution in [3.8, 4) is 0 Å². The van der Waals surface area contributed by atoms with E-state index in [1.807, 2.05) is 6.07 Å². The lowest BCUT2D eigenvalue weighted by molar-refractivity contribution is 0.601. The number of anilines is 1. The van der Waals surface area contributed by atoms with Crippen LogP contribution in [0, 0.1) is 0 Å². The SMILES string of the molecule is O=S(=O)(Nc1cccc(Br)c1)c1cccc(Br)c1. The van der Waals surface area contributed by atoms with Crippen LogP contribution in [0.4, 0.5) is 5.69 Å².